The fraction of sp³-hybridized carbons (Fsp3) is 0.0769. The maximum Gasteiger partial charge on any atom is 0.200 e. The molecule has 0 radical (unpaired) electrons. The Morgan fingerprint density at radius 3 is 2.22 bits per heavy atom. The van der Waals surface area contributed by atoms with E-state index in [9.17, 15) is 9.59 Å². The van der Waals surface area contributed by atoms with Gasteiger partial charge in [0.05, 0.1) is 4.91 Å². The minimum absolute atomic E-state index is 0.0904. The first-order valence-corrected chi connectivity index (χ1v) is 8.22. The van der Waals surface area contributed by atoms with Crippen LogP contribution < -0.4 is 0 Å². The van der Waals surface area contributed by atoms with Crippen LogP contribution in [0.1, 0.15) is 20.7 Å². The second-order valence-corrected chi connectivity index (χ2v) is 5.84. The van der Waals surface area contributed by atoms with E-state index >= 15 is 0 Å². The predicted octanol–water partition coefficient (Wildman–Crippen LogP) is 4.12. The number of allylic oxidation sites excluding steroid dienone is 2. The van der Waals surface area contributed by atoms with Crippen molar-refractivity contribution < 1.29 is 9.59 Å². The first kappa shape index (κ1) is 13.3. The molecular weight excluding hydrogens is 284 g/mol. The van der Waals surface area contributed by atoms with Gasteiger partial charge in [-0.25, -0.2) is 0 Å². The summed E-state index contributed by atoms with van der Waals surface area (Å²) in [6, 6.07) is 3.53. The maximum atomic E-state index is 12.1. The molecule has 2 aromatic heterocycles. The molecule has 0 aliphatic rings. The molecule has 2 rings (SSSR count). The normalized spacial score (nSPS) is 11.5. The van der Waals surface area contributed by atoms with E-state index in [2.05, 4.69) is 0 Å². The van der Waals surface area contributed by atoms with Gasteiger partial charge in [0.1, 0.15) is 0 Å². The Hall–Kier alpha value is -1.17. The summed E-state index contributed by atoms with van der Waals surface area (Å²) < 4.78 is 0. The van der Waals surface area contributed by atoms with Crippen LogP contribution >= 0.6 is 34.4 Å². The fourth-order valence-electron chi connectivity index (χ4n) is 1.36. The summed E-state index contributed by atoms with van der Waals surface area (Å²) in [6.45, 7) is 0. The Morgan fingerprint density at radius 2 is 1.72 bits per heavy atom. The van der Waals surface area contributed by atoms with Crippen molar-refractivity contribution in [2.24, 2.45) is 0 Å². The average Bonchev–Trinajstić information content (AvgIpc) is 3.05. The molecule has 0 N–H and O–H groups in total. The van der Waals surface area contributed by atoms with Gasteiger partial charge >= 0.3 is 0 Å². The van der Waals surface area contributed by atoms with Crippen LogP contribution in [-0.4, -0.2) is 17.8 Å². The van der Waals surface area contributed by atoms with Crippen LogP contribution in [0.15, 0.2) is 44.6 Å². The third-order valence-corrected chi connectivity index (χ3v) is 4.40. The topological polar surface area (TPSA) is 34.1 Å². The number of rotatable bonds is 5. The summed E-state index contributed by atoms with van der Waals surface area (Å²) in [5.41, 5.74) is 1.27. The van der Waals surface area contributed by atoms with Gasteiger partial charge < -0.3 is 0 Å². The van der Waals surface area contributed by atoms with Crippen molar-refractivity contribution in [3.05, 3.63) is 55.8 Å². The fourth-order valence-corrected chi connectivity index (χ4v) is 3.17. The van der Waals surface area contributed by atoms with Crippen LogP contribution in [0.3, 0.4) is 0 Å². The third kappa shape index (κ3) is 2.98. The van der Waals surface area contributed by atoms with Gasteiger partial charge in [-0.3, -0.25) is 9.59 Å². The van der Waals surface area contributed by atoms with Crippen molar-refractivity contribution in [3.8, 4) is 0 Å². The van der Waals surface area contributed by atoms with Gasteiger partial charge in [0.25, 0.3) is 0 Å². The van der Waals surface area contributed by atoms with Crippen molar-refractivity contribution in [1.82, 2.24) is 0 Å². The van der Waals surface area contributed by atoms with Crippen LogP contribution in [0.25, 0.3) is 0 Å². The van der Waals surface area contributed by atoms with E-state index in [1.807, 2.05) is 10.8 Å². The van der Waals surface area contributed by atoms with Crippen molar-refractivity contribution in [2.75, 3.05) is 6.26 Å². The lowest BCUT2D eigenvalue weighted by Gasteiger charge is -2.00. The summed E-state index contributed by atoms with van der Waals surface area (Å²) in [5.74, 6) is -0.212. The van der Waals surface area contributed by atoms with E-state index in [1.54, 1.807) is 29.1 Å². The summed E-state index contributed by atoms with van der Waals surface area (Å²) in [4.78, 5) is 24.5. The molecule has 0 saturated heterocycles. The van der Waals surface area contributed by atoms with E-state index in [0.717, 1.165) is 0 Å². The smallest absolute Gasteiger partial charge is 0.200 e. The molecule has 18 heavy (non-hydrogen) atoms. The predicted molar refractivity (Wildman–Crippen MR) is 78.9 cm³/mol. The van der Waals surface area contributed by atoms with Gasteiger partial charge in [0, 0.05) is 28.0 Å². The minimum Gasteiger partial charge on any atom is -0.289 e. The lowest BCUT2D eigenvalue weighted by molar-refractivity contribution is 0.102. The number of hydrogen-bond donors (Lipinski definition) is 0. The molecule has 0 fully saturated rings. The van der Waals surface area contributed by atoms with E-state index < -0.39 is 0 Å². The van der Waals surface area contributed by atoms with Crippen LogP contribution in [0, 0.1) is 0 Å². The van der Waals surface area contributed by atoms with E-state index in [1.165, 1.54) is 40.5 Å². The van der Waals surface area contributed by atoms with Gasteiger partial charge in [0.15, 0.2) is 11.6 Å². The largest absolute Gasteiger partial charge is 0.289 e. The standard InChI is InChI=1S/C13H10O2S3/c1-16-12(13(15)10-3-5-18-8-10)6-11(14)9-2-4-17-7-9/h2-8H,1H3/b12-6-. The van der Waals surface area contributed by atoms with E-state index in [-0.39, 0.29) is 11.6 Å². The quantitative estimate of drug-likeness (QED) is 0.614. The highest BCUT2D eigenvalue weighted by atomic mass is 32.2. The van der Waals surface area contributed by atoms with Gasteiger partial charge in [-0.05, 0) is 29.1 Å². The third-order valence-electron chi connectivity index (χ3n) is 2.29. The number of carbonyl (C=O) groups excluding carboxylic acids is 2. The van der Waals surface area contributed by atoms with Crippen molar-refractivity contribution >= 4 is 46.0 Å². The highest BCUT2D eigenvalue weighted by Crippen LogP contribution is 2.21. The molecule has 0 aliphatic heterocycles. The molecule has 92 valence electrons. The zero-order valence-corrected chi connectivity index (χ0v) is 12.0. The highest BCUT2D eigenvalue weighted by molar-refractivity contribution is 8.03. The Balaban J connectivity index is 2.23. The number of Topliss-reactive ketones (excluding diaryl/α,β-unsaturated/α-hetero) is 1. The summed E-state index contributed by atoms with van der Waals surface area (Å²) in [5, 5.41) is 7.28. The first-order valence-electron chi connectivity index (χ1n) is 5.11. The SMILES string of the molecule is CS/C(=C\C(=O)c1ccsc1)C(=O)c1ccsc1. The molecule has 2 nitrogen and oxygen atoms in total. The monoisotopic (exact) mass is 294 g/mol. The second-order valence-electron chi connectivity index (χ2n) is 3.43. The highest BCUT2D eigenvalue weighted by Gasteiger charge is 2.14. The van der Waals surface area contributed by atoms with Crippen LogP contribution in [0.4, 0.5) is 0 Å². The number of thioether (sulfide) groups is 1. The molecule has 0 saturated carbocycles. The molecule has 0 atom stereocenters. The summed E-state index contributed by atoms with van der Waals surface area (Å²) in [6.07, 6.45) is 3.23. The zero-order chi connectivity index (χ0) is 13.0. The van der Waals surface area contributed by atoms with Crippen molar-refractivity contribution in [3.63, 3.8) is 0 Å². The van der Waals surface area contributed by atoms with E-state index in [0.29, 0.717) is 16.0 Å². The van der Waals surface area contributed by atoms with Crippen LogP contribution in [0.5, 0.6) is 0 Å². The molecule has 0 aromatic carbocycles. The van der Waals surface area contributed by atoms with Crippen molar-refractivity contribution in [1.29, 1.82) is 0 Å². The lowest BCUT2D eigenvalue weighted by Crippen LogP contribution is -2.02. The zero-order valence-electron chi connectivity index (χ0n) is 9.58. The van der Waals surface area contributed by atoms with Gasteiger partial charge in [-0.1, -0.05) is 0 Å². The molecule has 5 heteroatoms. The van der Waals surface area contributed by atoms with Gasteiger partial charge in [-0.15, -0.1) is 11.8 Å². The molecule has 2 heterocycles. The molecule has 0 unspecified atom stereocenters. The molecular formula is C13H10O2S3. The summed E-state index contributed by atoms with van der Waals surface area (Å²) in [7, 11) is 0. The average molecular weight is 294 g/mol. The molecule has 2 aromatic rings. The number of hydrogen-bond acceptors (Lipinski definition) is 5. The number of thiophene rings is 2. The van der Waals surface area contributed by atoms with Crippen LogP contribution in [-0.2, 0) is 0 Å². The molecule has 0 amide bonds. The number of carbonyl (C=O) groups is 2. The minimum atomic E-state index is -0.121. The van der Waals surface area contributed by atoms with Gasteiger partial charge in [-0.2, -0.15) is 22.7 Å². The molecule has 0 spiro atoms. The Morgan fingerprint density at radius 1 is 1.11 bits per heavy atom. The van der Waals surface area contributed by atoms with E-state index in [4.69, 9.17) is 0 Å². The van der Waals surface area contributed by atoms with Gasteiger partial charge in [0.2, 0.25) is 0 Å². The Bertz CT molecular complexity index is 565. The molecule has 0 bridgehead atoms. The number of ketones is 2. The molecule has 0 aliphatic carbocycles. The van der Waals surface area contributed by atoms with Crippen molar-refractivity contribution in [2.45, 2.75) is 0 Å². The second kappa shape index (κ2) is 6.13. The lowest BCUT2D eigenvalue weighted by atomic mass is 10.1. The Kier molecular flexibility index (Phi) is 4.52. The maximum absolute atomic E-state index is 12.1. The first-order chi connectivity index (χ1) is 8.72. The van der Waals surface area contributed by atoms with Crippen LogP contribution in [0.2, 0.25) is 0 Å². The Labute approximate surface area is 117 Å². The summed E-state index contributed by atoms with van der Waals surface area (Å²) >= 11 is 4.24.